The number of imide groups is 1. The Bertz CT molecular complexity index is 603. The number of fused-ring (bicyclic) bond motifs is 1. The molecule has 0 bridgehead atoms. The van der Waals surface area contributed by atoms with E-state index in [0.717, 1.165) is 12.1 Å². The predicted molar refractivity (Wildman–Crippen MR) is 64.0 cm³/mol. The lowest BCUT2D eigenvalue weighted by molar-refractivity contribution is -0.125. The normalized spacial score (nSPS) is 27.7. The highest BCUT2D eigenvalue weighted by molar-refractivity contribution is 6.26. The number of carbonyl (C=O) groups excluding carboxylic acids is 2. The van der Waals surface area contributed by atoms with Gasteiger partial charge >= 0.3 is 0 Å². The van der Waals surface area contributed by atoms with Gasteiger partial charge in [-0.2, -0.15) is 0 Å². The molecule has 0 spiro atoms. The standard InChI is InChI=1S/C13H12F2N2O2/c1-13(2)7-8(13)12(19)17(11(7)18)10-6(16)4-3-5(14)9(10)15/h3-4,7-8H,16H2,1-2H3. The quantitative estimate of drug-likeness (QED) is 0.621. The van der Waals surface area contributed by atoms with Crippen LogP contribution in [-0.2, 0) is 9.59 Å². The van der Waals surface area contributed by atoms with Gasteiger partial charge < -0.3 is 5.73 Å². The van der Waals surface area contributed by atoms with E-state index in [9.17, 15) is 18.4 Å². The summed E-state index contributed by atoms with van der Waals surface area (Å²) >= 11 is 0. The first-order chi connectivity index (χ1) is 8.78. The first-order valence-corrected chi connectivity index (χ1v) is 5.89. The van der Waals surface area contributed by atoms with Crippen molar-refractivity contribution in [3.05, 3.63) is 23.8 Å². The topological polar surface area (TPSA) is 63.4 Å². The summed E-state index contributed by atoms with van der Waals surface area (Å²) in [6.07, 6.45) is 0. The summed E-state index contributed by atoms with van der Waals surface area (Å²) in [7, 11) is 0. The first kappa shape index (κ1) is 12.1. The third kappa shape index (κ3) is 1.31. The molecule has 3 rings (SSSR count). The molecule has 1 saturated carbocycles. The van der Waals surface area contributed by atoms with Gasteiger partial charge in [0.05, 0.1) is 17.5 Å². The summed E-state index contributed by atoms with van der Waals surface area (Å²) in [5.41, 5.74) is 4.58. The van der Waals surface area contributed by atoms with E-state index in [4.69, 9.17) is 5.73 Å². The molecule has 1 saturated heterocycles. The Balaban J connectivity index is 2.09. The minimum atomic E-state index is -1.26. The van der Waals surface area contributed by atoms with E-state index >= 15 is 0 Å². The van der Waals surface area contributed by atoms with Crippen LogP contribution in [0.1, 0.15) is 13.8 Å². The van der Waals surface area contributed by atoms with Crippen LogP contribution in [0, 0.1) is 28.9 Å². The average Bonchev–Trinajstić information content (AvgIpc) is 2.79. The maximum absolute atomic E-state index is 13.8. The summed E-state index contributed by atoms with van der Waals surface area (Å²) in [5.74, 6) is -4.32. The molecule has 100 valence electrons. The number of rotatable bonds is 1. The number of amides is 2. The van der Waals surface area contributed by atoms with Crippen molar-refractivity contribution in [1.82, 2.24) is 0 Å². The first-order valence-electron chi connectivity index (χ1n) is 5.89. The third-order valence-corrected chi connectivity index (χ3v) is 4.12. The fraction of sp³-hybridized carbons (Fsp3) is 0.385. The number of piperidine rings is 1. The molecule has 2 amide bonds. The summed E-state index contributed by atoms with van der Waals surface area (Å²) < 4.78 is 27.0. The summed E-state index contributed by atoms with van der Waals surface area (Å²) in [6.45, 7) is 3.61. The van der Waals surface area contributed by atoms with Crippen molar-refractivity contribution in [3.8, 4) is 0 Å². The molecule has 0 radical (unpaired) electrons. The Morgan fingerprint density at radius 3 is 2.21 bits per heavy atom. The summed E-state index contributed by atoms with van der Waals surface area (Å²) in [6, 6.07) is 2.01. The Morgan fingerprint density at radius 2 is 1.68 bits per heavy atom. The number of nitrogen functional groups attached to an aromatic ring is 1. The van der Waals surface area contributed by atoms with Crippen LogP contribution in [0.2, 0.25) is 0 Å². The fourth-order valence-corrected chi connectivity index (χ4v) is 2.95. The Hall–Kier alpha value is -1.98. The number of nitrogens with two attached hydrogens (primary N) is 1. The minimum Gasteiger partial charge on any atom is -0.397 e. The van der Waals surface area contributed by atoms with Crippen LogP contribution in [-0.4, -0.2) is 11.8 Å². The third-order valence-electron chi connectivity index (χ3n) is 4.12. The van der Waals surface area contributed by atoms with E-state index in [2.05, 4.69) is 0 Å². The lowest BCUT2D eigenvalue weighted by Crippen LogP contribution is -2.37. The maximum Gasteiger partial charge on any atom is 0.238 e. The zero-order chi connectivity index (χ0) is 14.1. The molecule has 1 aliphatic heterocycles. The Kier molecular flexibility index (Phi) is 2.11. The van der Waals surface area contributed by atoms with E-state index in [1.54, 1.807) is 13.8 Å². The van der Waals surface area contributed by atoms with Crippen molar-refractivity contribution < 1.29 is 18.4 Å². The summed E-state index contributed by atoms with van der Waals surface area (Å²) in [4.78, 5) is 25.0. The van der Waals surface area contributed by atoms with Gasteiger partial charge in [0.15, 0.2) is 11.6 Å². The number of anilines is 2. The molecule has 6 heteroatoms. The van der Waals surface area contributed by atoms with Gasteiger partial charge in [-0.3, -0.25) is 9.59 Å². The molecule has 1 aromatic rings. The van der Waals surface area contributed by atoms with Gasteiger partial charge in [0.1, 0.15) is 5.69 Å². The van der Waals surface area contributed by atoms with E-state index in [1.165, 1.54) is 0 Å². The molecule has 1 aliphatic carbocycles. The molecule has 0 aromatic heterocycles. The second-order valence-corrected chi connectivity index (χ2v) is 5.59. The van der Waals surface area contributed by atoms with E-state index in [-0.39, 0.29) is 5.69 Å². The van der Waals surface area contributed by atoms with Crippen molar-refractivity contribution >= 4 is 23.2 Å². The van der Waals surface area contributed by atoms with Crippen molar-refractivity contribution in [2.45, 2.75) is 13.8 Å². The second-order valence-electron chi connectivity index (χ2n) is 5.59. The molecule has 2 atom stereocenters. The number of hydrogen-bond donors (Lipinski definition) is 1. The zero-order valence-corrected chi connectivity index (χ0v) is 10.4. The number of carbonyl (C=O) groups is 2. The predicted octanol–water partition coefficient (Wildman–Crippen LogP) is 1.69. The number of benzene rings is 1. The molecule has 2 unspecified atom stereocenters. The summed E-state index contributed by atoms with van der Waals surface area (Å²) in [5, 5.41) is 0. The molecule has 1 aromatic carbocycles. The van der Waals surface area contributed by atoms with Gasteiger partial charge in [-0.05, 0) is 17.5 Å². The van der Waals surface area contributed by atoms with E-state index < -0.39 is 46.4 Å². The second kappa shape index (κ2) is 3.31. The van der Waals surface area contributed by atoms with Crippen molar-refractivity contribution in [3.63, 3.8) is 0 Å². The van der Waals surface area contributed by atoms with Gasteiger partial charge in [-0.25, -0.2) is 13.7 Å². The van der Waals surface area contributed by atoms with Gasteiger partial charge in [0.25, 0.3) is 0 Å². The Morgan fingerprint density at radius 1 is 1.16 bits per heavy atom. The van der Waals surface area contributed by atoms with Crippen molar-refractivity contribution in [2.75, 3.05) is 10.6 Å². The van der Waals surface area contributed by atoms with Gasteiger partial charge in [-0.1, -0.05) is 13.8 Å². The molecule has 19 heavy (non-hydrogen) atoms. The van der Waals surface area contributed by atoms with Gasteiger partial charge in [0.2, 0.25) is 11.8 Å². The van der Waals surface area contributed by atoms with Crippen molar-refractivity contribution in [2.24, 2.45) is 17.3 Å². The molecule has 4 nitrogen and oxygen atoms in total. The highest BCUT2D eigenvalue weighted by Gasteiger charge is 2.73. The molecular weight excluding hydrogens is 254 g/mol. The number of halogens is 2. The number of nitrogens with zero attached hydrogens (tertiary/aromatic N) is 1. The average molecular weight is 266 g/mol. The highest BCUT2D eigenvalue weighted by Crippen LogP contribution is 2.64. The minimum absolute atomic E-state index is 0.125. The molecule has 2 fully saturated rings. The fourth-order valence-electron chi connectivity index (χ4n) is 2.95. The number of hydrogen-bond acceptors (Lipinski definition) is 3. The van der Waals surface area contributed by atoms with E-state index in [0.29, 0.717) is 4.90 Å². The van der Waals surface area contributed by atoms with Crippen molar-refractivity contribution in [1.29, 1.82) is 0 Å². The van der Waals surface area contributed by atoms with Crippen LogP contribution in [0.3, 0.4) is 0 Å². The van der Waals surface area contributed by atoms with Crippen LogP contribution in [0.5, 0.6) is 0 Å². The zero-order valence-electron chi connectivity index (χ0n) is 10.4. The smallest absolute Gasteiger partial charge is 0.238 e. The van der Waals surface area contributed by atoms with Crippen LogP contribution >= 0.6 is 0 Å². The molecule has 2 N–H and O–H groups in total. The van der Waals surface area contributed by atoms with Crippen LogP contribution in [0.4, 0.5) is 20.2 Å². The van der Waals surface area contributed by atoms with Gasteiger partial charge in [0, 0.05) is 0 Å². The lowest BCUT2D eigenvalue weighted by Gasteiger charge is -2.22. The SMILES string of the molecule is CC1(C)C2C(=O)N(c3c(N)ccc(F)c3F)C(=O)C21. The van der Waals surface area contributed by atoms with E-state index in [1.807, 2.05) is 0 Å². The molecule has 1 heterocycles. The molecule has 2 aliphatic rings. The largest absolute Gasteiger partial charge is 0.397 e. The Labute approximate surface area is 108 Å². The highest BCUT2D eigenvalue weighted by atomic mass is 19.2. The van der Waals surface area contributed by atoms with Gasteiger partial charge in [-0.15, -0.1) is 0 Å². The molecular formula is C13H12F2N2O2. The maximum atomic E-state index is 13.8. The van der Waals surface area contributed by atoms with Crippen LogP contribution in [0.25, 0.3) is 0 Å². The monoisotopic (exact) mass is 266 g/mol. The lowest BCUT2D eigenvalue weighted by atomic mass is 10.0. The van der Waals surface area contributed by atoms with Crippen LogP contribution in [0.15, 0.2) is 12.1 Å². The van der Waals surface area contributed by atoms with Crippen LogP contribution < -0.4 is 10.6 Å².